The van der Waals surface area contributed by atoms with Crippen LogP contribution >= 0.6 is 0 Å². The van der Waals surface area contributed by atoms with Gasteiger partial charge in [0.2, 0.25) is 7.35 Å². The van der Waals surface area contributed by atoms with E-state index in [0.29, 0.717) is 0 Å². The molecule has 0 amide bonds. The van der Waals surface area contributed by atoms with Gasteiger partial charge in [-0.15, -0.1) is 0 Å². The first-order valence-electron chi connectivity index (χ1n) is 6.92. The van der Waals surface area contributed by atoms with Gasteiger partial charge in [-0.1, -0.05) is 19.8 Å². The summed E-state index contributed by atoms with van der Waals surface area (Å²) < 4.78 is 6.56. The molecule has 0 aromatic rings. The van der Waals surface area contributed by atoms with Crippen molar-refractivity contribution in [1.29, 1.82) is 0 Å². The molecule has 0 spiro atoms. The summed E-state index contributed by atoms with van der Waals surface area (Å²) in [7, 11) is -9.02. The van der Waals surface area contributed by atoms with Crippen molar-refractivity contribution in [3.05, 3.63) is 0 Å². The minimum Gasteiger partial charge on any atom is -0.456 e. The first-order chi connectivity index (χ1) is 7.77. The Morgan fingerprint density at radius 1 is 0.833 bits per heavy atom. The highest BCUT2D eigenvalue weighted by molar-refractivity contribution is 7.64. The fourth-order valence-corrected chi connectivity index (χ4v) is 39.2. The first kappa shape index (κ1) is 18.7. The summed E-state index contributed by atoms with van der Waals surface area (Å²) in [5.74, 6) is 0. The zero-order valence-corrected chi connectivity index (χ0v) is 17.4. The van der Waals surface area contributed by atoms with Crippen molar-refractivity contribution in [2.24, 2.45) is 0 Å². The zero-order valence-electron chi connectivity index (χ0n) is 13.4. The van der Waals surface area contributed by atoms with Crippen LogP contribution in [0.3, 0.4) is 0 Å². The highest BCUT2D eigenvalue weighted by Crippen LogP contribution is 2.31. The summed E-state index contributed by atoms with van der Waals surface area (Å²) in [5, 5.41) is 0. The predicted octanol–water partition coefficient (Wildman–Crippen LogP) is 3.14. The molecule has 0 atom stereocenters. The summed E-state index contributed by atoms with van der Waals surface area (Å²) in [4.78, 5) is 21.3. The molecule has 0 bridgehead atoms. The molecule has 0 radical (unpaired) electrons. The van der Waals surface area contributed by atoms with Crippen molar-refractivity contribution in [2.45, 2.75) is 71.6 Å². The van der Waals surface area contributed by atoms with Gasteiger partial charge < -0.3 is 13.7 Å². The van der Waals surface area contributed by atoms with Crippen LogP contribution in [0.5, 0.6) is 0 Å². The lowest BCUT2D eigenvalue weighted by molar-refractivity contribution is 0.500. The van der Waals surface area contributed by atoms with Crippen LogP contribution in [0.15, 0.2) is 0 Å². The van der Waals surface area contributed by atoms with Crippen LogP contribution in [0.1, 0.15) is 19.8 Å². The van der Waals surface area contributed by atoms with Gasteiger partial charge in [-0.3, -0.25) is 0 Å². The highest BCUT2D eigenvalue weighted by atomic mass is 29.7. The fourth-order valence-electron chi connectivity index (χ4n) is 2.20. The van der Waals surface area contributed by atoms with Gasteiger partial charge in [0, 0.05) is 0 Å². The van der Waals surface area contributed by atoms with Crippen LogP contribution in [0.2, 0.25) is 51.9 Å². The van der Waals surface area contributed by atoms with Crippen LogP contribution in [0.4, 0.5) is 0 Å². The van der Waals surface area contributed by atoms with Crippen LogP contribution in [-0.2, 0) is 4.12 Å². The second-order valence-electron chi connectivity index (χ2n) is 7.12. The molecule has 0 fully saturated rings. The molecule has 18 heavy (non-hydrogen) atoms. The van der Waals surface area contributed by atoms with Gasteiger partial charge in [0.25, 0.3) is 0 Å². The van der Waals surface area contributed by atoms with Gasteiger partial charge in [-0.25, -0.2) is 0 Å². The largest absolute Gasteiger partial charge is 0.456 e. The van der Waals surface area contributed by atoms with Crippen molar-refractivity contribution < 1.29 is 13.7 Å². The number of hydrogen-bond donors (Lipinski definition) is 2. The molecular formula is C11H32O3Si4. The normalized spacial score (nSPS) is 15.0. The molecule has 7 heteroatoms. The van der Waals surface area contributed by atoms with Gasteiger partial charge in [0.05, 0.1) is 0 Å². The molecule has 0 saturated heterocycles. The number of hydrogen-bond acceptors (Lipinski definition) is 3. The SMILES string of the molecule is CCCC[Si](C)(C)O[Si](C)([Si](C)(C)O)[Si](C)(C)O. The summed E-state index contributed by atoms with van der Waals surface area (Å²) in [5.41, 5.74) is 0. The molecule has 0 rings (SSSR count). The Morgan fingerprint density at radius 3 is 1.50 bits per heavy atom. The standard InChI is InChI=1S/C11H32O3Si4/c1-9-10-11-15(2,3)14-18(8,16(4,5)12)17(6,7)13/h12-13H,9-11H2,1-8H3. The lowest BCUT2D eigenvalue weighted by atomic mass is 10.4. The monoisotopic (exact) mass is 324 g/mol. The fraction of sp³-hybridized carbons (Fsp3) is 1.00. The number of rotatable bonds is 7. The molecule has 0 unspecified atom stereocenters. The van der Waals surface area contributed by atoms with Crippen LogP contribution in [0.25, 0.3) is 0 Å². The molecule has 0 aliphatic heterocycles. The van der Waals surface area contributed by atoms with E-state index in [0.717, 1.165) is 6.04 Å². The molecular weight excluding hydrogens is 292 g/mol. The van der Waals surface area contributed by atoms with E-state index in [1.165, 1.54) is 12.8 Å². The van der Waals surface area contributed by atoms with E-state index in [9.17, 15) is 9.59 Å². The third-order valence-electron chi connectivity index (χ3n) is 3.95. The second-order valence-corrected chi connectivity index (χ2v) is 34.8. The Morgan fingerprint density at radius 2 is 1.22 bits per heavy atom. The van der Waals surface area contributed by atoms with Crippen molar-refractivity contribution in [3.63, 3.8) is 0 Å². The lowest BCUT2D eigenvalue weighted by Gasteiger charge is -2.47. The summed E-state index contributed by atoms with van der Waals surface area (Å²) in [6.07, 6.45) is 2.36. The van der Waals surface area contributed by atoms with E-state index >= 15 is 0 Å². The molecule has 0 aliphatic carbocycles. The van der Waals surface area contributed by atoms with E-state index in [1.807, 2.05) is 26.2 Å². The van der Waals surface area contributed by atoms with E-state index in [-0.39, 0.29) is 0 Å². The third kappa shape index (κ3) is 4.69. The van der Waals surface area contributed by atoms with E-state index in [1.54, 1.807) is 0 Å². The smallest absolute Gasteiger partial charge is 0.213 e. The number of unbranched alkanes of at least 4 members (excludes halogenated alkanes) is 1. The van der Waals surface area contributed by atoms with Gasteiger partial charge in [0.1, 0.15) is 0 Å². The lowest BCUT2D eigenvalue weighted by Crippen LogP contribution is -2.76. The van der Waals surface area contributed by atoms with E-state index in [4.69, 9.17) is 4.12 Å². The predicted molar refractivity (Wildman–Crippen MR) is 89.3 cm³/mol. The van der Waals surface area contributed by atoms with Crippen molar-refractivity contribution in [1.82, 2.24) is 0 Å². The summed E-state index contributed by atoms with van der Waals surface area (Å²) in [6, 6.07) is 1.13. The second kappa shape index (κ2) is 6.02. The topological polar surface area (TPSA) is 49.7 Å². The van der Waals surface area contributed by atoms with Gasteiger partial charge in [0.15, 0.2) is 24.0 Å². The Bertz CT molecular complexity index is 254. The zero-order chi connectivity index (χ0) is 14.8. The molecule has 0 saturated carbocycles. The minimum atomic E-state index is -2.43. The molecule has 2 N–H and O–H groups in total. The quantitative estimate of drug-likeness (QED) is 0.707. The van der Waals surface area contributed by atoms with Crippen molar-refractivity contribution in [3.8, 4) is 0 Å². The van der Waals surface area contributed by atoms with Crippen molar-refractivity contribution >= 4 is 31.3 Å². The summed E-state index contributed by atoms with van der Waals surface area (Å²) in [6.45, 7) is 16.5. The van der Waals surface area contributed by atoms with Gasteiger partial charge in [-0.05, 0) is 51.9 Å². The Hall–Kier alpha value is 0.748. The van der Waals surface area contributed by atoms with Gasteiger partial charge >= 0.3 is 0 Å². The highest BCUT2D eigenvalue weighted by Gasteiger charge is 2.60. The molecule has 3 nitrogen and oxygen atoms in total. The third-order valence-corrected chi connectivity index (χ3v) is 40.9. The molecule has 0 aromatic heterocycles. The maximum Gasteiger partial charge on any atom is 0.213 e. The summed E-state index contributed by atoms with van der Waals surface area (Å²) >= 11 is 0. The van der Waals surface area contributed by atoms with E-state index in [2.05, 4.69) is 26.6 Å². The average Bonchev–Trinajstić information content (AvgIpc) is 2.10. The first-order valence-corrected chi connectivity index (χ1v) is 20.3. The van der Waals surface area contributed by atoms with Crippen LogP contribution < -0.4 is 0 Å². The van der Waals surface area contributed by atoms with Crippen LogP contribution in [-0.4, -0.2) is 40.9 Å². The maximum absolute atomic E-state index is 10.6. The van der Waals surface area contributed by atoms with Crippen molar-refractivity contribution in [2.75, 3.05) is 0 Å². The Kier molecular flexibility index (Phi) is 6.27. The van der Waals surface area contributed by atoms with E-state index < -0.39 is 31.3 Å². The average molecular weight is 325 g/mol. The molecule has 0 aromatic carbocycles. The Labute approximate surface area is 117 Å². The van der Waals surface area contributed by atoms with Gasteiger partial charge in [-0.2, -0.15) is 0 Å². The molecule has 110 valence electrons. The molecule has 0 aliphatic rings. The van der Waals surface area contributed by atoms with Crippen LogP contribution in [0, 0.1) is 0 Å². The minimum absolute atomic E-state index is 1.13. The maximum atomic E-state index is 10.6. The Balaban J connectivity index is 5.16. The molecule has 0 heterocycles.